The molecule has 32 heavy (non-hydrogen) atoms. The van der Waals surface area contributed by atoms with Crippen molar-refractivity contribution in [2.45, 2.75) is 75.1 Å². The zero-order valence-corrected chi connectivity index (χ0v) is 18.3. The summed E-state index contributed by atoms with van der Waals surface area (Å²) >= 11 is 0. The highest BCUT2D eigenvalue weighted by atomic mass is 16.5. The fourth-order valence-corrected chi connectivity index (χ4v) is 4.30. The maximum atomic E-state index is 10.4. The second-order valence-electron chi connectivity index (χ2n) is 9.10. The average Bonchev–Trinajstić information content (AvgIpc) is 3.60. The van der Waals surface area contributed by atoms with Crippen molar-refractivity contribution < 1.29 is 29.9 Å². The predicted octanol–water partition coefficient (Wildman–Crippen LogP) is 2.45. The minimum atomic E-state index is -1.38. The van der Waals surface area contributed by atoms with Crippen molar-refractivity contribution >= 4 is 0 Å². The first-order valence-corrected chi connectivity index (χ1v) is 11.6. The van der Waals surface area contributed by atoms with E-state index in [1.54, 1.807) is 6.08 Å². The largest absolute Gasteiger partial charge is 0.490 e. The lowest BCUT2D eigenvalue weighted by atomic mass is 9.92. The maximum Gasteiger partial charge on any atom is 0.119 e. The average molecular weight is 443 g/mol. The van der Waals surface area contributed by atoms with E-state index in [9.17, 15) is 20.4 Å². The first-order chi connectivity index (χ1) is 15.5. The molecule has 2 aliphatic carbocycles. The Bertz CT molecular complexity index is 834. The summed E-state index contributed by atoms with van der Waals surface area (Å²) in [6.07, 6.45) is 6.56. The molecule has 1 aliphatic heterocycles. The Morgan fingerprint density at radius 3 is 2.31 bits per heavy atom. The van der Waals surface area contributed by atoms with Crippen molar-refractivity contribution in [1.29, 1.82) is 0 Å². The van der Waals surface area contributed by atoms with Crippen LogP contribution in [0.1, 0.15) is 37.7 Å². The normalized spacial score (nSPS) is 31.8. The molecule has 1 heterocycles. The molecule has 0 spiro atoms. The van der Waals surface area contributed by atoms with Gasteiger partial charge < -0.3 is 29.9 Å². The summed E-state index contributed by atoms with van der Waals surface area (Å²) < 4.78 is 11.6. The molecule has 0 bridgehead atoms. The van der Waals surface area contributed by atoms with E-state index in [2.05, 4.69) is 18.7 Å². The Kier molecular flexibility index (Phi) is 7.48. The first kappa shape index (κ1) is 23.2. The van der Waals surface area contributed by atoms with Crippen molar-refractivity contribution in [1.82, 2.24) is 0 Å². The number of hydrogen-bond donors (Lipinski definition) is 4. The Hall–Kier alpha value is -1.96. The van der Waals surface area contributed by atoms with E-state index < -0.39 is 37.1 Å². The molecule has 3 aliphatic rings. The van der Waals surface area contributed by atoms with E-state index in [1.165, 1.54) is 12.0 Å². The van der Waals surface area contributed by atoms with Crippen LogP contribution in [-0.2, 0) is 11.2 Å². The number of hydrogen-bond acceptors (Lipinski definition) is 6. The lowest BCUT2D eigenvalue weighted by molar-refractivity contribution is -0.216. The Balaban J connectivity index is 1.50. The van der Waals surface area contributed by atoms with Crippen LogP contribution >= 0.6 is 0 Å². The van der Waals surface area contributed by atoms with Gasteiger partial charge in [-0.1, -0.05) is 36.9 Å². The Morgan fingerprint density at radius 2 is 1.75 bits per heavy atom. The van der Waals surface area contributed by atoms with E-state index in [4.69, 9.17) is 9.47 Å². The van der Waals surface area contributed by atoms with Gasteiger partial charge in [0.2, 0.25) is 0 Å². The summed E-state index contributed by atoms with van der Waals surface area (Å²) in [4.78, 5) is 0. The van der Waals surface area contributed by atoms with Crippen LogP contribution in [0.5, 0.6) is 5.75 Å². The van der Waals surface area contributed by atoms with Crippen molar-refractivity contribution in [3.63, 3.8) is 0 Å². The number of aliphatic hydroxyl groups is 4. The van der Waals surface area contributed by atoms with Gasteiger partial charge in [-0.25, -0.2) is 0 Å². The summed E-state index contributed by atoms with van der Waals surface area (Å²) in [6, 6.07) is 8.17. The molecule has 1 aromatic carbocycles. The minimum absolute atomic E-state index is 0.347. The van der Waals surface area contributed by atoms with Gasteiger partial charge in [-0.3, -0.25) is 0 Å². The highest BCUT2D eigenvalue weighted by Gasteiger charge is 2.42. The van der Waals surface area contributed by atoms with Gasteiger partial charge in [0, 0.05) is 0 Å². The monoisotopic (exact) mass is 442 g/mol. The van der Waals surface area contributed by atoms with Gasteiger partial charge in [0.15, 0.2) is 0 Å². The summed E-state index contributed by atoms with van der Waals surface area (Å²) in [5.74, 6) is 1.38. The van der Waals surface area contributed by atoms with Crippen LogP contribution in [0.25, 0.3) is 0 Å². The highest BCUT2D eigenvalue weighted by Crippen LogP contribution is 2.39. The third-order valence-electron chi connectivity index (χ3n) is 6.70. The third kappa shape index (κ3) is 5.33. The number of benzene rings is 1. The smallest absolute Gasteiger partial charge is 0.119 e. The zero-order valence-electron chi connectivity index (χ0n) is 18.3. The van der Waals surface area contributed by atoms with E-state index in [1.807, 2.05) is 24.3 Å². The second-order valence-corrected chi connectivity index (χ2v) is 9.10. The molecule has 2 saturated carbocycles. The molecule has 4 N–H and O–H groups in total. The van der Waals surface area contributed by atoms with Gasteiger partial charge in [-0.05, 0) is 73.3 Å². The molecule has 6 heteroatoms. The predicted molar refractivity (Wildman–Crippen MR) is 121 cm³/mol. The molecular formula is C26H34O6. The minimum Gasteiger partial charge on any atom is -0.490 e. The van der Waals surface area contributed by atoms with Gasteiger partial charge in [-0.2, -0.15) is 0 Å². The molecule has 4 rings (SSSR count). The second kappa shape index (κ2) is 10.3. The molecule has 0 aromatic heterocycles. The van der Waals surface area contributed by atoms with Crippen LogP contribution < -0.4 is 4.74 Å². The molecule has 1 unspecified atom stereocenters. The fraction of sp³-hybridized carbons (Fsp3) is 0.538. The van der Waals surface area contributed by atoms with Crippen LogP contribution in [0.3, 0.4) is 0 Å². The maximum absolute atomic E-state index is 10.4. The Labute approximate surface area is 189 Å². The van der Waals surface area contributed by atoms with E-state index in [-0.39, 0.29) is 0 Å². The van der Waals surface area contributed by atoms with Crippen LogP contribution in [0.15, 0.2) is 60.2 Å². The van der Waals surface area contributed by atoms with Crippen molar-refractivity contribution in [3.05, 3.63) is 65.8 Å². The summed E-state index contributed by atoms with van der Waals surface area (Å²) in [5, 5.41) is 39.8. The summed E-state index contributed by atoms with van der Waals surface area (Å²) in [5.41, 5.74) is 3.40. The first-order valence-electron chi connectivity index (χ1n) is 11.6. The van der Waals surface area contributed by atoms with Crippen molar-refractivity contribution in [2.75, 3.05) is 6.61 Å². The van der Waals surface area contributed by atoms with E-state index in [0.29, 0.717) is 18.4 Å². The molecule has 1 saturated heterocycles. The summed E-state index contributed by atoms with van der Waals surface area (Å²) in [6.45, 7) is 3.57. The van der Waals surface area contributed by atoms with Crippen molar-refractivity contribution in [3.8, 4) is 5.75 Å². The molecule has 1 aromatic rings. The molecule has 6 nitrogen and oxygen atoms in total. The Morgan fingerprint density at radius 1 is 1.03 bits per heavy atom. The van der Waals surface area contributed by atoms with Gasteiger partial charge >= 0.3 is 0 Å². The number of rotatable bonds is 9. The van der Waals surface area contributed by atoms with Crippen LogP contribution in [0, 0.1) is 5.92 Å². The SMILES string of the molecule is C=C/C(=C(\C=C\[C@@H]1O[C@H](CO)[C@@H](O)C(O)[C@H]1O)Cc1ccc(OC2CCC2)cc1)C1CC1. The number of ether oxygens (including phenoxy) is 2. The van der Waals surface area contributed by atoms with Crippen LogP contribution in [-0.4, -0.2) is 63.7 Å². The van der Waals surface area contributed by atoms with E-state index in [0.717, 1.165) is 42.6 Å². The van der Waals surface area contributed by atoms with Gasteiger partial charge in [0.05, 0.1) is 12.7 Å². The molecular weight excluding hydrogens is 408 g/mol. The fourth-order valence-electron chi connectivity index (χ4n) is 4.30. The zero-order chi connectivity index (χ0) is 22.7. The molecule has 5 atom stereocenters. The quantitative estimate of drug-likeness (QED) is 0.439. The van der Waals surface area contributed by atoms with E-state index >= 15 is 0 Å². The molecule has 0 amide bonds. The number of allylic oxidation sites excluding steroid dienone is 4. The summed E-state index contributed by atoms with van der Waals surface area (Å²) in [7, 11) is 0. The number of aliphatic hydroxyl groups excluding tert-OH is 4. The van der Waals surface area contributed by atoms with Crippen LogP contribution in [0.2, 0.25) is 0 Å². The van der Waals surface area contributed by atoms with Crippen LogP contribution in [0.4, 0.5) is 0 Å². The highest BCUT2D eigenvalue weighted by molar-refractivity contribution is 5.41. The van der Waals surface area contributed by atoms with Gasteiger partial charge in [0.1, 0.15) is 36.3 Å². The molecule has 0 radical (unpaired) electrons. The standard InChI is InChI=1S/C26H34O6/c1-2-21(17-8-9-17)18(10-13-22-24(28)26(30)25(29)23(15-27)32-22)14-16-6-11-20(12-7-16)31-19-4-3-5-19/h2,6-7,10-13,17,19,22-30H,1,3-5,8-9,14-15H2/b13-10+,21-18-/t22-,23+,24-,25+,26?/m0/s1. The topological polar surface area (TPSA) is 99.4 Å². The molecule has 3 fully saturated rings. The van der Waals surface area contributed by atoms with Gasteiger partial charge in [-0.15, -0.1) is 0 Å². The van der Waals surface area contributed by atoms with Crippen molar-refractivity contribution in [2.24, 2.45) is 5.92 Å². The lowest BCUT2D eigenvalue weighted by Crippen LogP contribution is -2.57. The third-order valence-corrected chi connectivity index (χ3v) is 6.70. The van der Waals surface area contributed by atoms with Gasteiger partial charge in [0.25, 0.3) is 0 Å². The molecule has 174 valence electrons. The lowest BCUT2D eigenvalue weighted by Gasteiger charge is -2.39.